The van der Waals surface area contributed by atoms with Crippen molar-refractivity contribution in [3.63, 3.8) is 0 Å². The number of benzene rings is 1. The highest BCUT2D eigenvalue weighted by atomic mass is 16.6. The predicted molar refractivity (Wildman–Crippen MR) is 86.9 cm³/mol. The van der Waals surface area contributed by atoms with E-state index in [0.717, 1.165) is 0 Å². The normalized spacial score (nSPS) is 20.2. The van der Waals surface area contributed by atoms with E-state index in [-0.39, 0.29) is 28.1 Å². The van der Waals surface area contributed by atoms with Gasteiger partial charge in [0.15, 0.2) is 12.1 Å². The Morgan fingerprint density at radius 1 is 1.24 bits per heavy atom. The van der Waals surface area contributed by atoms with E-state index in [1.54, 1.807) is 0 Å². The summed E-state index contributed by atoms with van der Waals surface area (Å²) in [5.41, 5.74) is -0.316. The van der Waals surface area contributed by atoms with Crippen LogP contribution in [0.15, 0.2) is 45.6 Å². The van der Waals surface area contributed by atoms with Gasteiger partial charge in [-0.3, -0.25) is 4.79 Å². The number of phenols is 1. The number of aromatic hydroxyl groups is 2. The van der Waals surface area contributed by atoms with E-state index >= 15 is 0 Å². The SMILES string of the molecule is O=c1c(O)c(C2=CC(OCC(O)O)C(O)C=C2)oc2cc(O)ccc12. The molecule has 1 aliphatic rings. The van der Waals surface area contributed by atoms with Gasteiger partial charge < -0.3 is 34.7 Å². The van der Waals surface area contributed by atoms with Gasteiger partial charge in [0.05, 0.1) is 12.0 Å². The van der Waals surface area contributed by atoms with Gasteiger partial charge in [0, 0.05) is 11.6 Å². The van der Waals surface area contributed by atoms with Crippen molar-refractivity contribution < 1.29 is 34.7 Å². The van der Waals surface area contributed by atoms with Crippen LogP contribution in [0.4, 0.5) is 0 Å². The Morgan fingerprint density at radius 2 is 2.00 bits per heavy atom. The Morgan fingerprint density at radius 3 is 2.72 bits per heavy atom. The van der Waals surface area contributed by atoms with E-state index in [2.05, 4.69) is 0 Å². The van der Waals surface area contributed by atoms with E-state index in [1.165, 1.54) is 36.4 Å². The number of ether oxygens (including phenoxy) is 1. The number of hydrogen-bond donors (Lipinski definition) is 5. The van der Waals surface area contributed by atoms with Gasteiger partial charge in [0.2, 0.25) is 11.2 Å². The van der Waals surface area contributed by atoms with Gasteiger partial charge in [0.25, 0.3) is 0 Å². The highest BCUT2D eigenvalue weighted by molar-refractivity contribution is 5.84. The minimum absolute atomic E-state index is 0.0847. The standard InChI is InChI=1S/C17H16O8/c18-9-2-3-10-12(6-9)25-17(16(23)15(10)22)8-1-4-11(19)13(5-8)24-7-14(20)21/h1-6,11,13-14,18-21,23H,7H2. The molecule has 25 heavy (non-hydrogen) atoms. The molecule has 2 aromatic rings. The van der Waals surface area contributed by atoms with Gasteiger partial charge in [-0.2, -0.15) is 0 Å². The molecule has 132 valence electrons. The molecular formula is C17H16O8. The molecule has 1 aromatic carbocycles. The lowest BCUT2D eigenvalue weighted by Gasteiger charge is -2.23. The second-order valence-electron chi connectivity index (χ2n) is 5.54. The first-order valence-electron chi connectivity index (χ1n) is 7.42. The zero-order valence-corrected chi connectivity index (χ0v) is 12.9. The molecule has 0 aliphatic heterocycles. The average molecular weight is 348 g/mol. The highest BCUT2D eigenvalue weighted by Crippen LogP contribution is 2.31. The molecule has 1 aliphatic carbocycles. The Kier molecular flexibility index (Phi) is 4.60. The van der Waals surface area contributed by atoms with Gasteiger partial charge in [-0.15, -0.1) is 0 Å². The van der Waals surface area contributed by atoms with Gasteiger partial charge in [-0.1, -0.05) is 12.2 Å². The largest absolute Gasteiger partial charge is 0.508 e. The van der Waals surface area contributed by atoms with Crippen molar-refractivity contribution in [3.05, 3.63) is 52.4 Å². The molecule has 3 rings (SSSR count). The molecule has 5 N–H and O–H groups in total. The summed E-state index contributed by atoms with van der Waals surface area (Å²) in [5.74, 6) is -0.871. The Labute approximate surface area is 141 Å². The van der Waals surface area contributed by atoms with Gasteiger partial charge in [0.1, 0.15) is 23.5 Å². The van der Waals surface area contributed by atoms with E-state index in [0.29, 0.717) is 0 Å². The van der Waals surface area contributed by atoms with Crippen molar-refractivity contribution >= 4 is 16.5 Å². The molecule has 0 spiro atoms. The van der Waals surface area contributed by atoms with Crippen molar-refractivity contribution in [3.8, 4) is 11.5 Å². The molecule has 0 amide bonds. The van der Waals surface area contributed by atoms with Crippen LogP contribution in [0.5, 0.6) is 11.5 Å². The topological polar surface area (TPSA) is 141 Å². The highest BCUT2D eigenvalue weighted by Gasteiger charge is 2.24. The summed E-state index contributed by atoms with van der Waals surface area (Å²) in [5, 5.41) is 47.4. The number of fused-ring (bicyclic) bond motifs is 1. The molecular weight excluding hydrogens is 332 g/mol. The van der Waals surface area contributed by atoms with Crippen molar-refractivity contribution in [2.24, 2.45) is 0 Å². The number of phenolic OH excluding ortho intramolecular Hbond substituents is 1. The molecule has 0 fully saturated rings. The maximum absolute atomic E-state index is 12.3. The molecule has 0 saturated carbocycles. The first kappa shape index (κ1) is 17.2. The van der Waals surface area contributed by atoms with Crippen LogP contribution in [-0.4, -0.2) is 50.6 Å². The van der Waals surface area contributed by atoms with Crippen LogP contribution in [0.1, 0.15) is 5.76 Å². The zero-order valence-electron chi connectivity index (χ0n) is 12.9. The van der Waals surface area contributed by atoms with Gasteiger partial charge in [-0.25, -0.2) is 0 Å². The molecule has 8 heteroatoms. The molecule has 2 unspecified atom stereocenters. The monoisotopic (exact) mass is 348 g/mol. The van der Waals surface area contributed by atoms with Crippen molar-refractivity contribution in [1.82, 2.24) is 0 Å². The lowest BCUT2D eigenvalue weighted by Crippen LogP contribution is -2.30. The summed E-state index contributed by atoms with van der Waals surface area (Å²) in [4.78, 5) is 12.3. The quantitative estimate of drug-likeness (QED) is 0.494. The lowest BCUT2D eigenvalue weighted by molar-refractivity contribution is -0.116. The first-order valence-corrected chi connectivity index (χ1v) is 7.42. The van der Waals surface area contributed by atoms with Crippen LogP contribution in [0.25, 0.3) is 16.5 Å². The summed E-state index contributed by atoms with van der Waals surface area (Å²) >= 11 is 0. The fourth-order valence-corrected chi connectivity index (χ4v) is 2.51. The Bertz CT molecular complexity index is 909. The summed E-state index contributed by atoms with van der Waals surface area (Å²) in [6, 6.07) is 3.89. The summed E-state index contributed by atoms with van der Waals surface area (Å²) in [6.07, 6.45) is 0.513. The van der Waals surface area contributed by atoms with Crippen LogP contribution in [0, 0.1) is 0 Å². The number of allylic oxidation sites excluding steroid dienone is 2. The van der Waals surface area contributed by atoms with Crippen LogP contribution < -0.4 is 5.43 Å². The summed E-state index contributed by atoms with van der Waals surface area (Å²) < 4.78 is 10.7. The number of rotatable bonds is 4. The van der Waals surface area contributed by atoms with E-state index in [1.807, 2.05) is 0 Å². The second-order valence-corrected chi connectivity index (χ2v) is 5.54. The zero-order chi connectivity index (χ0) is 18.1. The van der Waals surface area contributed by atoms with Gasteiger partial charge in [-0.05, 0) is 18.2 Å². The average Bonchev–Trinajstić information content (AvgIpc) is 2.57. The maximum atomic E-state index is 12.3. The summed E-state index contributed by atoms with van der Waals surface area (Å²) in [6.45, 7) is -0.430. The van der Waals surface area contributed by atoms with Crippen LogP contribution >= 0.6 is 0 Å². The van der Waals surface area contributed by atoms with Crippen molar-refractivity contribution in [1.29, 1.82) is 0 Å². The van der Waals surface area contributed by atoms with Crippen molar-refractivity contribution in [2.75, 3.05) is 6.61 Å². The van der Waals surface area contributed by atoms with E-state index in [9.17, 15) is 20.1 Å². The number of hydrogen-bond acceptors (Lipinski definition) is 8. The molecule has 0 bridgehead atoms. The lowest BCUT2D eigenvalue weighted by atomic mass is 9.99. The van der Waals surface area contributed by atoms with Crippen molar-refractivity contribution in [2.45, 2.75) is 18.5 Å². The van der Waals surface area contributed by atoms with Crippen LogP contribution in [0.2, 0.25) is 0 Å². The van der Waals surface area contributed by atoms with Crippen LogP contribution in [-0.2, 0) is 4.74 Å². The molecule has 0 saturated heterocycles. The Balaban J connectivity index is 2.05. The summed E-state index contributed by atoms with van der Waals surface area (Å²) in [7, 11) is 0. The first-order chi connectivity index (χ1) is 11.9. The third-order valence-electron chi connectivity index (χ3n) is 3.71. The predicted octanol–water partition coefficient (Wildman–Crippen LogP) is 0.214. The smallest absolute Gasteiger partial charge is 0.235 e. The molecule has 1 heterocycles. The molecule has 0 radical (unpaired) electrons. The Hall–Kier alpha value is -2.65. The van der Waals surface area contributed by atoms with E-state index in [4.69, 9.17) is 19.4 Å². The van der Waals surface area contributed by atoms with Crippen LogP contribution in [0.3, 0.4) is 0 Å². The van der Waals surface area contributed by atoms with E-state index < -0.39 is 36.3 Å². The fraction of sp³-hybridized carbons (Fsp3) is 0.235. The minimum Gasteiger partial charge on any atom is -0.508 e. The third-order valence-corrected chi connectivity index (χ3v) is 3.71. The van der Waals surface area contributed by atoms with Gasteiger partial charge >= 0.3 is 0 Å². The fourth-order valence-electron chi connectivity index (χ4n) is 2.51. The second kappa shape index (κ2) is 6.69. The maximum Gasteiger partial charge on any atom is 0.235 e. The molecule has 2 atom stereocenters. The minimum atomic E-state index is -1.70. The molecule has 1 aromatic heterocycles. The number of aliphatic hydroxyl groups excluding tert-OH is 2. The molecule has 8 nitrogen and oxygen atoms in total. The third kappa shape index (κ3) is 3.42. The number of aliphatic hydroxyl groups is 3.